The molecule has 2 heterocycles. The maximum absolute atomic E-state index is 12.3. The molecule has 2 aromatic heterocycles. The summed E-state index contributed by atoms with van der Waals surface area (Å²) in [6.07, 6.45) is -4.73. The molecular weight excluding hydrogens is 403 g/mol. The van der Waals surface area contributed by atoms with Gasteiger partial charge in [-0.1, -0.05) is 12.1 Å². The summed E-state index contributed by atoms with van der Waals surface area (Å²) in [6, 6.07) is 12.9. The molecule has 0 saturated carbocycles. The molecule has 0 fully saturated rings. The van der Waals surface area contributed by atoms with Gasteiger partial charge in [0.05, 0.1) is 5.52 Å². The number of fused-ring (bicyclic) bond motifs is 3. The van der Waals surface area contributed by atoms with Gasteiger partial charge in [0.1, 0.15) is 17.4 Å². The fourth-order valence-corrected chi connectivity index (χ4v) is 3.84. The van der Waals surface area contributed by atoms with Gasteiger partial charge in [-0.25, -0.2) is 4.98 Å². The van der Waals surface area contributed by atoms with Crippen molar-refractivity contribution in [3.63, 3.8) is 0 Å². The van der Waals surface area contributed by atoms with Gasteiger partial charge in [-0.3, -0.25) is 0 Å². The van der Waals surface area contributed by atoms with Crippen LogP contribution < -0.4 is 21.6 Å². The van der Waals surface area contributed by atoms with Crippen molar-refractivity contribution >= 4 is 49.7 Å². The molecule has 2 aromatic carbocycles. The fourth-order valence-electron chi connectivity index (χ4n) is 2.91. The highest BCUT2D eigenvalue weighted by atomic mass is 32.1. The Bertz CT molecular complexity index is 1220. The molecule has 4 aromatic rings. The molecule has 29 heavy (non-hydrogen) atoms. The molecule has 0 unspecified atom stereocenters. The summed E-state index contributed by atoms with van der Waals surface area (Å²) in [6.45, 7) is 0. The van der Waals surface area contributed by atoms with Gasteiger partial charge in [0.15, 0.2) is 0 Å². The number of alkyl halides is 3. The van der Waals surface area contributed by atoms with E-state index in [1.165, 1.54) is 24.3 Å². The van der Waals surface area contributed by atoms with Crippen LogP contribution in [0, 0.1) is 0 Å². The van der Waals surface area contributed by atoms with Crippen molar-refractivity contribution in [3.8, 4) is 5.75 Å². The van der Waals surface area contributed by atoms with Crippen molar-refractivity contribution in [2.45, 2.75) is 6.36 Å². The van der Waals surface area contributed by atoms with Crippen LogP contribution in [-0.4, -0.2) is 17.2 Å². The lowest BCUT2D eigenvalue weighted by Gasteiger charge is -2.12. The Labute approximate surface area is 166 Å². The second kappa shape index (κ2) is 7.13. The van der Waals surface area contributed by atoms with Crippen LogP contribution in [0.15, 0.2) is 59.0 Å². The number of anilines is 2. The van der Waals surface area contributed by atoms with E-state index in [2.05, 4.69) is 20.1 Å². The average molecular weight is 417 g/mol. The summed E-state index contributed by atoms with van der Waals surface area (Å²) >= 11 is 1.56. The third kappa shape index (κ3) is 3.87. The largest absolute Gasteiger partial charge is 0.573 e. The fraction of sp³-hybridized carbons (Fsp3) is 0.0526. The first-order valence-electron chi connectivity index (χ1n) is 8.31. The number of benzene rings is 2. The van der Waals surface area contributed by atoms with E-state index in [4.69, 9.17) is 11.6 Å². The van der Waals surface area contributed by atoms with Gasteiger partial charge in [-0.2, -0.15) is 5.10 Å². The first-order chi connectivity index (χ1) is 13.8. The monoisotopic (exact) mass is 417 g/mol. The molecule has 0 radical (unpaired) electrons. The molecule has 0 aliphatic heterocycles. The molecule has 0 amide bonds. The first kappa shape index (κ1) is 18.8. The van der Waals surface area contributed by atoms with E-state index in [0.717, 1.165) is 15.5 Å². The van der Waals surface area contributed by atoms with Crippen LogP contribution in [-0.2, 0) is 0 Å². The SMILES string of the molecule is N/N=C(\N)c1ccc2c(c1)nc(Nc1ccc(OC(F)(F)F)cc1)c1ccsc12. The quantitative estimate of drug-likeness (QED) is 0.194. The Morgan fingerprint density at radius 2 is 1.83 bits per heavy atom. The zero-order chi connectivity index (χ0) is 20.6. The number of aromatic nitrogens is 1. The molecule has 0 spiro atoms. The number of halogens is 3. The number of nitrogens with zero attached hydrogens (tertiary/aromatic N) is 2. The van der Waals surface area contributed by atoms with Crippen molar-refractivity contribution < 1.29 is 17.9 Å². The number of hydrazone groups is 1. The van der Waals surface area contributed by atoms with Crippen LogP contribution in [0.5, 0.6) is 5.75 Å². The molecule has 5 N–H and O–H groups in total. The van der Waals surface area contributed by atoms with E-state index in [0.29, 0.717) is 22.6 Å². The molecule has 4 rings (SSSR count). The highest BCUT2D eigenvalue weighted by Crippen LogP contribution is 2.35. The van der Waals surface area contributed by atoms with Crippen molar-refractivity contribution in [3.05, 3.63) is 59.5 Å². The number of pyridine rings is 1. The van der Waals surface area contributed by atoms with Gasteiger partial charge in [-0.05, 0) is 41.8 Å². The summed E-state index contributed by atoms with van der Waals surface area (Å²) < 4.78 is 41.9. The molecule has 6 nitrogen and oxygen atoms in total. The van der Waals surface area contributed by atoms with Crippen molar-refractivity contribution in [2.24, 2.45) is 16.7 Å². The topological polar surface area (TPSA) is 98.5 Å². The second-order valence-corrected chi connectivity index (χ2v) is 6.98. The normalized spacial score (nSPS) is 12.4. The third-order valence-electron chi connectivity index (χ3n) is 4.18. The van der Waals surface area contributed by atoms with Crippen LogP contribution in [0.1, 0.15) is 5.56 Å². The minimum absolute atomic E-state index is 0.190. The van der Waals surface area contributed by atoms with Crippen LogP contribution >= 0.6 is 11.3 Å². The summed E-state index contributed by atoms with van der Waals surface area (Å²) in [5, 5.41) is 10.4. The van der Waals surface area contributed by atoms with Crippen molar-refractivity contribution in [2.75, 3.05) is 5.32 Å². The Morgan fingerprint density at radius 3 is 2.52 bits per heavy atom. The Hall–Kier alpha value is -3.53. The summed E-state index contributed by atoms with van der Waals surface area (Å²) in [4.78, 5) is 4.66. The number of hydrogen-bond acceptors (Lipinski definition) is 6. The molecule has 10 heteroatoms. The molecular formula is C19H14F3N5OS. The van der Waals surface area contributed by atoms with Gasteiger partial charge in [0.25, 0.3) is 0 Å². The maximum Gasteiger partial charge on any atom is 0.573 e. The number of thiophene rings is 1. The summed E-state index contributed by atoms with van der Waals surface area (Å²) in [5.74, 6) is 5.72. The van der Waals surface area contributed by atoms with Crippen LogP contribution in [0.25, 0.3) is 21.0 Å². The summed E-state index contributed by atoms with van der Waals surface area (Å²) in [7, 11) is 0. The minimum Gasteiger partial charge on any atom is -0.406 e. The lowest BCUT2D eigenvalue weighted by atomic mass is 10.1. The Balaban J connectivity index is 1.73. The van der Waals surface area contributed by atoms with E-state index in [9.17, 15) is 13.2 Å². The molecule has 0 aliphatic carbocycles. The van der Waals surface area contributed by atoms with Crippen LogP contribution in [0.4, 0.5) is 24.7 Å². The Morgan fingerprint density at radius 1 is 1.07 bits per heavy atom. The van der Waals surface area contributed by atoms with E-state index >= 15 is 0 Å². The second-order valence-electron chi connectivity index (χ2n) is 6.07. The highest BCUT2D eigenvalue weighted by molar-refractivity contribution is 7.18. The maximum atomic E-state index is 12.3. The zero-order valence-corrected chi connectivity index (χ0v) is 15.5. The number of nitrogens with two attached hydrogens (primary N) is 2. The van der Waals surface area contributed by atoms with Crippen LogP contribution in [0.2, 0.25) is 0 Å². The smallest absolute Gasteiger partial charge is 0.406 e. The predicted molar refractivity (Wildman–Crippen MR) is 108 cm³/mol. The standard InChI is InChI=1S/C19H14F3N5OS/c20-19(21,22)28-12-4-2-11(3-5-12)25-18-14-7-8-29-16(14)13-6-1-10(17(23)27-24)9-15(13)26-18/h1-9H,24H2,(H2,23,27)(H,25,26). The molecule has 0 bridgehead atoms. The molecule has 0 aliphatic rings. The van der Waals surface area contributed by atoms with Gasteiger partial charge in [0, 0.05) is 26.7 Å². The number of nitrogens with one attached hydrogen (secondary N) is 1. The predicted octanol–water partition coefficient (Wildman–Crippen LogP) is 4.67. The zero-order valence-electron chi connectivity index (χ0n) is 14.7. The van der Waals surface area contributed by atoms with Crippen molar-refractivity contribution in [1.29, 1.82) is 0 Å². The van der Waals surface area contributed by atoms with E-state index in [-0.39, 0.29) is 11.6 Å². The van der Waals surface area contributed by atoms with E-state index in [1.807, 2.05) is 23.6 Å². The van der Waals surface area contributed by atoms with Gasteiger partial charge >= 0.3 is 6.36 Å². The number of hydrogen-bond donors (Lipinski definition) is 3. The number of amidine groups is 1. The average Bonchev–Trinajstić information content (AvgIpc) is 3.18. The lowest BCUT2D eigenvalue weighted by molar-refractivity contribution is -0.274. The van der Waals surface area contributed by atoms with Crippen LogP contribution in [0.3, 0.4) is 0 Å². The van der Waals surface area contributed by atoms with Crippen molar-refractivity contribution in [1.82, 2.24) is 4.98 Å². The molecule has 0 atom stereocenters. The summed E-state index contributed by atoms with van der Waals surface area (Å²) in [5.41, 5.74) is 7.68. The van der Waals surface area contributed by atoms with Gasteiger partial charge in [-0.15, -0.1) is 24.5 Å². The number of rotatable bonds is 4. The highest BCUT2D eigenvalue weighted by Gasteiger charge is 2.30. The van der Waals surface area contributed by atoms with E-state index in [1.54, 1.807) is 17.4 Å². The van der Waals surface area contributed by atoms with Gasteiger partial charge in [0.2, 0.25) is 0 Å². The van der Waals surface area contributed by atoms with Gasteiger partial charge < -0.3 is 21.6 Å². The third-order valence-corrected chi connectivity index (χ3v) is 5.13. The van der Waals surface area contributed by atoms with E-state index < -0.39 is 6.36 Å². The lowest BCUT2D eigenvalue weighted by Crippen LogP contribution is -2.16. The molecule has 148 valence electrons. The number of ether oxygens (including phenoxy) is 1. The first-order valence-corrected chi connectivity index (χ1v) is 9.19. The minimum atomic E-state index is -4.73. The molecule has 0 saturated heterocycles. The Kier molecular flexibility index (Phi) is 4.63.